The Morgan fingerprint density at radius 1 is 1.28 bits per heavy atom. The zero-order valence-electron chi connectivity index (χ0n) is 10.9. The van der Waals surface area contributed by atoms with E-state index in [1.807, 2.05) is 0 Å². The van der Waals surface area contributed by atoms with Crippen molar-refractivity contribution in [3.63, 3.8) is 0 Å². The Morgan fingerprint density at radius 3 is 2.39 bits per heavy atom. The quantitative estimate of drug-likeness (QED) is 0.873. The van der Waals surface area contributed by atoms with Crippen LogP contribution >= 0.6 is 0 Å². The van der Waals surface area contributed by atoms with Crippen molar-refractivity contribution in [3.05, 3.63) is 18.3 Å². The van der Waals surface area contributed by atoms with Crippen molar-refractivity contribution < 1.29 is 8.42 Å². The molecule has 1 aliphatic rings. The van der Waals surface area contributed by atoms with E-state index in [1.165, 1.54) is 6.20 Å². The summed E-state index contributed by atoms with van der Waals surface area (Å²) in [4.78, 5) is 4.32. The number of hydrogen-bond acceptors (Lipinski definition) is 4. The van der Waals surface area contributed by atoms with E-state index < -0.39 is 15.6 Å². The summed E-state index contributed by atoms with van der Waals surface area (Å²) in [7, 11) is -3.49. The van der Waals surface area contributed by atoms with Crippen molar-refractivity contribution in [3.8, 4) is 0 Å². The average molecular weight is 269 g/mol. The molecule has 5 nitrogen and oxygen atoms in total. The Morgan fingerprint density at radius 2 is 1.94 bits per heavy atom. The third-order valence-corrected chi connectivity index (χ3v) is 4.16. The van der Waals surface area contributed by atoms with Gasteiger partial charge in [-0.1, -0.05) is 0 Å². The fourth-order valence-corrected chi connectivity index (χ4v) is 2.89. The minimum Gasteiger partial charge on any atom is -0.367 e. The van der Waals surface area contributed by atoms with E-state index in [4.69, 9.17) is 0 Å². The largest absolute Gasteiger partial charge is 0.367 e. The molecule has 1 heterocycles. The second-order valence-electron chi connectivity index (χ2n) is 5.65. The average Bonchev–Trinajstić information content (AvgIpc) is 2.99. The molecule has 0 amide bonds. The maximum atomic E-state index is 12.0. The number of anilines is 1. The number of hydrogen-bond donors (Lipinski definition) is 2. The standard InChI is InChI=1S/C12H19N3O2S/c1-12(2,3)15-18(16,17)10-6-7-11(13-8-10)14-9-4-5-9/h6-9,15H,4-5H2,1-3H3,(H,13,14). The minimum absolute atomic E-state index is 0.193. The molecule has 2 N–H and O–H groups in total. The van der Waals surface area contributed by atoms with Crippen LogP contribution in [0, 0.1) is 0 Å². The first-order chi connectivity index (χ1) is 8.26. The predicted molar refractivity (Wildman–Crippen MR) is 71.0 cm³/mol. The number of rotatable bonds is 4. The van der Waals surface area contributed by atoms with E-state index in [1.54, 1.807) is 32.9 Å². The number of aromatic nitrogens is 1. The molecule has 0 unspecified atom stereocenters. The van der Waals surface area contributed by atoms with Gasteiger partial charge in [0, 0.05) is 17.8 Å². The van der Waals surface area contributed by atoms with Crippen LogP contribution < -0.4 is 10.0 Å². The maximum Gasteiger partial charge on any atom is 0.242 e. The fraction of sp³-hybridized carbons (Fsp3) is 0.583. The summed E-state index contributed by atoms with van der Waals surface area (Å²) >= 11 is 0. The highest BCUT2D eigenvalue weighted by Gasteiger charge is 2.23. The molecule has 1 aromatic rings. The van der Waals surface area contributed by atoms with Gasteiger partial charge < -0.3 is 5.32 Å². The first-order valence-electron chi connectivity index (χ1n) is 6.03. The van der Waals surface area contributed by atoms with Gasteiger partial charge in [0.15, 0.2) is 0 Å². The Labute approximate surface area is 108 Å². The molecule has 2 rings (SSSR count). The van der Waals surface area contributed by atoms with Crippen LogP contribution in [0.3, 0.4) is 0 Å². The first-order valence-corrected chi connectivity index (χ1v) is 7.51. The SMILES string of the molecule is CC(C)(C)NS(=O)(=O)c1ccc(NC2CC2)nc1. The monoisotopic (exact) mass is 269 g/mol. The molecule has 0 aliphatic heterocycles. The van der Waals surface area contributed by atoms with Crippen LogP contribution in [0.1, 0.15) is 33.6 Å². The molecule has 1 aliphatic carbocycles. The highest BCUT2D eigenvalue weighted by molar-refractivity contribution is 7.89. The molecule has 0 atom stereocenters. The van der Waals surface area contributed by atoms with Crippen LogP contribution in [0.25, 0.3) is 0 Å². The van der Waals surface area contributed by atoms with Crippen molar-refractivity contribution >= 4 is 15.8 Å². The van der Waals surface area contributed by atoms with Crippen molar-refractivity contribution in [2.45, 2.75) is 50.1 Å². The lowest BCUT2D eigenvalue weighted by Gasteiger charge is -2.20. The number of pyridine rings is 1. The van der Waals surface area contributed by atoms with Gasteiger partial charge in [0.25, 0.3) is 0 Å². The normalized spacial score (nSPS) is 16.6. The van der Waals surface area contributed by atoms with Crippen LogP contribution in [0.4, 0.5) is 5.82 Å². The molecule has 6 heteroatoms. The predicted octanol–water partition coefficient (Wildman–Crippen LogP) is 1.73. The number of nitrogens with zero attached hydrogens (tertiary/aromatic N) is 1. The molecule has 0 spiro atoms. The van der Waals surface area contributed by atoms with E-state index >= 15 is 0 Å². The smallest absolute Gasteiger partial charge is 0.242 e. The summed E-state index contributed by atoms with van der Waals surface area (Å²) in [5.41, 5.74) is -0.496. The van der Waals surface area contributed by atoms with Gasteiger partial charge in [-0.15, -0.1) is 0 Å². The molecule has 100 valence electrons. The van der Waals surface area contributed by atoms with Crippen molar-refractivity contribution in [2.24, 2.45) is 0 Å². The van der Waals surface area contributed by atoms with Gasteiger partial charge in [-0.05, 0) is 45.7 Å². The van der Waals surface area contributed by atoms with Crippen LogP contribution in [0.5, 0.6) is 0 Å². The van der Waals surface area contributed by atoms with Gasteiger partial charge in [-0.3, -0.25) is 0 Å². The van der Waals surface area contributed by atoms with Gasteiger partial charge in [0.05, 0.1) is 0 Å². The summed E-state index contributed by atoms with van der Waals surface area (Å²) in [6.45, 7) is 5.42. The topological polar surface area (TPSA) is 71.1 Å². The lowest BCUT2D eigenvalue weighted by molar-refractivity contribution is 0.491. The van der Waals surface area contributed by atoms with E-state index in [0.29, 0.717) is 6.04 Å². The fourth-order valence-electron chi connectivity index (χ4n) is 1.52. The maximum absolute atomic E-state index is 12.0. The third-order valence-electron chi connectivity index (χ3n) is 2.42. The van der Waals surface area contributed by atoms with E-state index in [2.05, 4.69) is 15.0 Å². The number of sulfonamides is 1. The molecule has 1 saturated carbocycles. The van der Waals surface area contributed by atoms with Crippen LogP contribution in [-0.2, 0) is 10.0 Å². The second-order valence-corrected chi connectivity index (χ2v) is 7.34. The highest BCUT2D eigenvalue weighted by atomic mass is 32.2. The van der Waals surface area contributed by atoms with Gasteiger partial charge >= 0.3 is 0 Å². The Bertz CT molecular complexity index is 513. The molecule has 0 aromatic carbocycles. The van der Waals surface area contributed by atoms with Gasteiger partial charge in [0.1, 0.15) is 10.7 Å². The summed E-state index contributed by atoms with van der Waals surface area (Å²) in [5, 5.41) is 3.22. The Balaban J connectivity index is 2.12. The van der Waals surface area contributed by atoms with E-state index in [0.717, 1.165) is 18.7 Å². The van der Waals surface area contributed by atoms with Crippen molar-refractivity contribution in [1.82, 2.24) is 9.71 Å². The second kappa shape index (κ2) is 4.51. The molecule has 0 radical (unpaired) electrons. The summed E-state index contributed by atoms with van der Waals surface area (Å²) in [6, 6.07) is 3.79. The van der Waals surface area contributed by atoms with Crippen molar-refractivity contribution in [1.29, 1.82) is 0 Å². The molecular formula is C12H19N3O2S. The molecular weight excluding hydrogens is 250 g/mol. The summed E-state index contributed by atoms with van der Waals surface area (Å²) < 4.78 is 26.6. The van der Waals surface area contributed by atoms with Gasteiger partial charge in [-0.25, -0.2) is 18.1 Å². The van der Waals surface area contributed by atoms with Crippen LogP contribution in [0.2, 0.25) is 0 Å². The zero-order valence-corrected chi connectivity index (χ0v) is 11.7. The summed E-state index contributed by atoms with van der Waals surface area (Å²) in [6.07, 6.45) is 3.71. The third kappa shape index (κ3) is 3.68. The Hall–Kier alpha value is -1.14. The molecule has 1 fully saturated rings. The molecule has 0 bridgehead atoms. The molecule has 1 aromatic heterocycles. The highest BCUT2D eigenvalue weighted by Crippen LogP contribution is 2.24. The number of nitrogens with one attached hydrogen (secondary N) is 2. The van der Waals surface area contributed by atoms with E-state index in [9.17, 15) is 8.42 Å². The van der Waals surface area contributed by atoms with Gasteiger partial charge in [0.2, 0.25) is 10.0 Å². The molecule has 0 saturated heterocycles. The Kier molecular flexibility index (Phi) is 3.33. The molecule has 18 heavy (non-hydrogen) atoms. The van der Waals surface area contributed by atoms with Crippen LogP contribution in [-0.4, -0.2) is 25.0 Å². The summed E-state index contributed by atoms with van der Waals surface area (Å²) in [5.74, 6) is 0.729. The van der Waals surface area contributed by atoms with E-state index in [-0.39, 0.29) is 4.90 Å². The first kappa shape index (κ1) is 13.3. The van der Waals surface area contributed by atoms with Crippen LogP contribution in [0.15, 0.2) is 23.2 Å². The van der Waals surface area contributed by atoms with Gasteiger partial charge in [-0.2, -0.15) is 0 Å². The van der Waals surface area contributed by atoms with Crippen molar-refractivity contribution in [2.75, 3.05) is 5.32 Å². The minimum atomic E-state index is -3.49. The zero-order chi connectivity index (χ0) is 13.4. The lowest BCUT2D eigenvalue weighted by Crippen LogP contribution is -2.40. The lowest BCUT2D eigenvalue weighted by atomic mass is 10.1.